The van der Waals surface area contributed by atoms with E-state index in [1.807, 2.05) is 0 Å². The summed E-state index contributed by atoms with van der Waals surface area (Å²) < 4.78 is 174. The lowest BCUT2D eigenvalue weighted by Gasteiger charge is -2.29. The van der Waals surface area contributed by atoms with Crippen LogP contribution in [0.4, 0.5) is 40.9 Å². The number of alkyl halides is 6. The van der Waals surface area contributed by atoms with Crippen molar-refractivity contribution in [3.05, 3.63) is 93.0 Å². The Balaban J connectivity index is 1.27. The Bertz CT molecular complexity index is 2990. The summed E-state index contributed by atoms with van der Waals surface area (Å²) in [5.41, 5.74) is -3.93. The molecule has 1 atom stereocenters. The van der Waals surface area contributed by atoms with Gasteiger partial charge in [-0.05, 0) is 95.5 Å². The van der Waals surface area contributed by atoms with Crippen molar-refractivity contribution in [2.75, 3.05) is 4.72 Å². The largest absolute Gasteiger partial charge is 0.346 e. The van der Waals surface area contributed by atoms with Crippen LogP contribution in [0.3, 0.4) is 0 Å². The van der Waals surface area contributed by atoms with Crippen LogP contribution in [0.15, 0.2) is 42.5 Å². The number of aromatic nitrogens is 5. The van der Waals surface area contributed by atoms with Crippen LogP contribution in [0.2, 0.25) is 5.02 Å². The summed E-state index contributed by atoms with van der Waals surface area (Å²) in [4.78, 5) is 19.0. The molecule has 2 aromatic carbocycles. The van der Waals surface area contributed by atoms with E-state index in [0.29, 0.717) is 31.7 Å². The molecular weight excluding hydrogens is 946 g/mol. The van der Waals surface area contributed by atoms with E-state index in [-0.39, 0.29) is 67.3 Å². The second-order valence-corrected chi connectivity index (χ2v) is 23.6. The number of nitrogens with one attached hydrogen (secondary N) is 2. The molecule has 0 spiro atoms. The topological polar surface area (TPSA) is 158 Å². The van der Waals surface area contributed by atoms with Crippen LogP contribution in [0.25, 0.3) is 22.0 Å². The third-order valence-electron chi connectivity index (χ3n) is 12.7. The molecule has 66 heavy (non-hydrogen) atoms. The van der Waals surface area contributed by atoms with Gasteiger partial charge in [0.15, 0.2) is 15.7 Å². The highest BCUT2D eigenvalue weighted by molar-refractivity contribution is 7.94. The number of amides is 1. The molecule has 0 bridgehead atoms. The van der Waals surface area contributed by atoms with Crippen LogP contribution in [0.1, 0.15) is 112 Å². The zero-order valence-corrected chi connectivity index (χ0v) is 38.2. The van der Waals surface area contributed by atoms with Gasteiger partial charge in [-0.15, -0.1) is 0 Å². The maximum Gasteiger partial charge on any atom is 0.290 e. The fourth-order valence-electron chi connectivity index (χ4n) is 8.51. The van der Waals surface area contributed by atoms with Crippen LogP contribution in [-0.2, 0) is 62.9 Å². The van der Waals surface area contributed by atoms with Crippen molar-refractivity contribution >= 4 is 54.1 Å². The quantitative estimate of drug-likeness (QED) is 0.0927. The van der Waals surface area contributed by atoms with E-state index >= 15 is 17.6 Å². The molecule has 3 aliphatic rings. The van der Waals surface area contributed by atoms with Gasteiger partial charge in [-0.25, -0.2) is 43.2 Å². The fourth-order valence-corrected chi connectivity index (χ4v) is 12.1. The first kappa shape index (κ1) is 47.7. The first-order chi connectivity index (χ1) is 30.6. The zero-order chi connectivity index (χ0) is 48.1. The van der Waals surface area contributed by atoms with Crippen molar-refractivity contribution in [3.8, 4) is 11.1 Å². The van der Waals surface area contributed by atoms with Crippen molar-refractivity contribution in [1.82, 2.24) is 29.9 Å². The van der Waals surface area contributed by atoms with Gasteiger partial charge in [0.25, 0.3) is 18.3 Å². The Hall–Kier alpha value is -4.83. The van der Waals surface area contributed by atoms with Crippen molar-refractivity contribution in [1.29, 1.82) is 0 Å². The molecule has 0 saturated heterocycles. The molecule has 0 aliphatic heterocycles. The van der Waals surface area contributed by atoms with Gasteiger partial charge >= 0.3 is 0 Å². The minimum atomic E-state index is -4.13. The molecule has 8 rings (SSSR count). The summed E-state index contributed by atoms with van der Waals surface area (Å²) in [5.74, 6) is -11.6. The molecule has 3 aromatic heterocycles. The minimum Gasteiger partial charge on any atom is -0.346 e. The van der Waals surface area contributed by atoms with E-state index < -0.39 is 119 Å². The lowest BCUT2D eigenvalue weighted by molar-refractivity contribution is -0.123. The molecular formula is C43H44ClF8N7O5S2. The van der Waals surface area contributed by atoms with E-state index in [1.165, 1.54) is 17.8 Å². The zero-order valence-electron chi connectivity index (χ0n) is 35.8. The summed E-state index contributed by atoms with van der Waals surface area (Å²) in [5, 5.41) is 10.2. The van der Waals surface area contributed by atoms with Gasteiger partial charge in [-0.2, -0.15) is 19.0 Å². The van der Waals surface area contributed by atoms with Gasteiger partial charge in [0.1, 0.15) is 29.6 Å². The maximum atomic E-state index is 15.4. The number of fused-ring (bicyclic) bond motifs is 2. The number of carbonyl (C=O) groups excluding carboxylic acids is 1. The summed E-state index contributed by atoms with van der Waals surface area (Å²) in [6.07, 6.45) is -5.06. The number of nitrogens with zero attached hydrogens (tertiary/aromatic N) is 5. The first-order valence-electron chi connectivity index (χ1n) is 21.0. The number of rotatable bonds is 16. The van der Waals surface area contributed by atoms with Crippen molar-refractivity contribution < 1.29 is 56.8 Å². The summed E-state index contributed by atoms with van der Waals surface area (Å²) in [6, 6.07) is 7.17. The summed E-state index contributed by atoms with van der Waals surface area (Å²) in [6.45, 7) is 3.47. The highest BCUT2D eigenvalue weighted by Gasteiger charge is 2.55. The van der Waals surface area contributed by atoms with Crippen molar-refractivity contribution in [3.63, 3.8) is 0 Å². The van der Waals surface area contributed by atoms with Crippen LogP contribution in [0, 0.1) is 11.6 Å². The Kier molecular flexibility index (Phi) is 11.9. The molecule has 2 fully saturated rings. The number of hydrogen-bond donors (Lipinski definition) is 2. The van der Waals surface area contributed by atoms with Gasteiger partial charge < -0.3 is 5.32 Å². The predicted octanol–water partition coefficient (Wildman–Crippen LogP) is 9.36. The van der Waals surface area contributed by atoms with Gasteiger partial charge in [0, 0.05) is 42.8 Å². The predicted molar refractivity (Wildman–Crippen MR) is 229 cm³/mol. The van der Waals surface area contributed by atoms with Crippen LogP contribution < -0.4 is 10.0 Å². The number of anilines is 1. The lowest BCUT2D eigenvalue weighted by Crippen LogP contribution is -2.37. The Labute approximate surface area is 379 Å². The van der Waals surface area contributed by atoms with Gasteiger partial charge in [-0.3, -0.25) is 23.9 Å². The molecule has 0 unspecified atom stereocenters. The summed E-state index contributed by atoms with van der Waals surface area (Å²) >= 11 is 6.72. The molecule has 0 radical (unpaired) electrons. The molecule has 3 aliphatic carbocycles. The van der Waals surface area contributed by atoms with Crippen LogP contribution in [0.5, 0.6) is 0 Å². The number of aryl methyl sites for hydroxylation is 2. The Morgan fingerprint density at radius 1 is 0.909 bits per heavy atom. The van der Waals surface area contributed by atoms with E-state index in [9.17, 15) is 39.2 Å². The second kappa shape index (κ2) is 16.4. The average Bonchev–Trinajstić information content (AvgIpc) is 4.14. The molecule has 23 heteroatoms. The fraction of sp³-hybridized carbons (Fsp3) is 0.488. The number of sulfone groups is 1. The molecule has 3 heterocycles. The SMILES string of the molecule is Cn1nc(NS(=O)(=O)C2(C)CC2)c2c(Cl)ccc(-c3ccc(CCC(C)(C)S(=O)(=O)C4CC4)nc3[C@H](Cc3cc(F)cc(F)c3)NC(=O)Cn3nc(C(F)F)c4c3C(F)(F)CCC4(F)F)c21. The van der Waals surface area contributed by atoms with E-state index in [1.54, 1.807) is 39.0 Å². The number of benzene rings is 2. The highest BCUT2D eigenvalue weighted by atomic mass is 35.5. The molecule has 2 saturated carbocycles. The Morgan fingerprint density at radius 3 is 2.17 bits per heavy atom. The van der Waals surface area contributed by atoms with E-state index in [4.69, 9.17) is 16.6 Å². The average molecular weight is 990 g/mol. The number of sulfonamides is 1. The number of halogens is 9. The third-order valence-corrected chi connectivity index (χ3v) is 18.3. The number of pyridine rings is 1. The number of carbonyl (C=O) groups is 1. The lowest BCUT2D eigenvalue weighted by atomic mass is 9.89. The van der Waals surface area contributed by atoms with Crippen LogP contribution >= 0.6 is 11.6 Å². The highest BCUT2D eigenvalue weighted by Crippen LogP contribution is 2.52. The van der Waals surface area contributed by atoms with Gasteiger partial charge in [-0.1, -0.05) is 23.7 Å². The normalized spacial score (nSPS) is 18.3. The third kappa shape index (κ3) is 8.76. The van der Waals surface area contributed by atoms with Crippen LogP contribution in [-0.4, -0.2) is 62.0 Å². The summed E-state index contributed by atoms with van der Waals surface area (Å²) in [7, 11) is -6.02. The molecule has 1 amide bonds. The molecule has 2 N–H and O–H groups in total. The molecule has 356 valence electrons. The van der Waals surface area contributed by atoms with Gasteiger partial charge in [0.05, 0.1) is 48.0 Å². The number of hydrogen-bond acceptors (Lipinski definition) is 8. The second-order valence-electron chi connectivity index (χ2n) is 18.2. The van der Waals surface area contributed by atoms with Gasteiger partial charge in [0.2, 0.25) is 15.9 Å². The van der Waals surface area contributed by atoms with Crippen molar-refractivity contribution in [2.45, 2.75) is 124 Å². The Morgan fingerprint density at radius 2 is 1.55 bits per heavy atom. The maximum absolute atomic E-state index is 15.4. The molecule has 5 aromatic rings. The first-order valence-corrected chi connectivity index (χ1v) is 24.4. The van der Waals surface area contributed by atoms with E-state index in [0.717, 1.165) is 12.1 Å². The smallest absolute Gasteiger partial charge is 0.290 e. The molecule has 12 nitrogen and oxygen atoms in total. The standard InChI is InChI=1S/C43H44ClF8N7O5S2/c1-40(2,65(61,62)26-6-7-26)12-11-25-5-8-27(28-9-10-29(44)32-36(28)58(4)56-39(32)57-66(63,64)41(3)13-14-41)34(53-25)30(19-22-17-23(45)20-24(46)18-22)54-31(60)21-59-37-33(35(55-59)38(47)48)42(49,50)15-16-43(37,51)52/h5,8-10,17-18,20,26,30,38H,6-7,11-16,19,21H2,1-4H3,(H,54,60)(H,56,57)/t30-/m0/s1. The van der Waals surface area contributed by atoms with E-state index in [2.05, 4.69) is 20.2 Å². The van der Waals surface area contributed by atoms with Crippen molar-refractivity contribution in [2.24, 2.45) is 7.05 Å². The monoisotopic (exact) mass is 989 g/mol. The minimum absolute atomic E-state index is 0.0431.